The molecule has 1 heterocycles. The maximum Gasteiger partial charge on any atom is 0.257 e. The van der Waals surface area contributed by atoms with Gasteiger partial charge in [0.2, 0.25) is 10.0 Å². The summed E-state index contributed by atoms with van der Waals surface area (Å²) in [4.78, 5) is 16.3. The van der Waals surface area contributed by atoms with E-state index in [1.807, 2.05) is 6.92 Å². The summed E-state index contributed by atoms with van der Waals surface area (Å²) in [6.45, 7) is 5.34. The largest absolute Gasteiger partial charge is 0.322 e. The van der Waals surface area contributed by atoms with Gasteiger partial charge in [-0.05, 0) is 57.2 Å². The predicted octanol–water partition coefficient (Wildman–Crippen LogP) is 2.33. The number of rotatable bonds is 5. The van der Waals surface area contributed by atoms with Gasteiger partial charge in [-0.25, -0.2) is 13.1 Å². The van der Waals surface area contributed by atoms with E-state index >= 15 is 0 Å². The Morgan fingerprint density at radius 1 is 1.09 bits per heavy atom. The van der Waals surface area contributed by atoms with Crippen molar-refractivity contribution in [3.8, 4) is 0 Å². The standard InChI is InChI=1S/C16H19N3O3S/c1-11(2)19-23(21,22)15-8-6-14(7-9-15)18-16(20)13-5-4-12(3)17-10-13/h4-11,19H,1-3H3,(H,18,20). The van der Waals surface area contributed by atoms with Gasteiger partial charge in [0, 0.05) is 23.6 Å². The minimum absolute atomic E-state index is 0.154. The molecular weight excluding hydrogens is 314 g/mol. The van der Waals surface area contributed by atoms with E-state index in [0.717, 1.165) is 5.69 Å². The van der Waals surface area contributed by atoms with Gasteiger partial charge < -0.3 is 5.32 Å². The molecule has 0 aliphatic heterocycles. The van der Waals surface area contributed by atoms with Gasteiger partial charge in [-0.15, -0.1) is 0 Å². The third kappa shape index (κ3) is 4.61. The number of carbonyl (C=O) groups excluding carboxylic acids is 1. The van der Waals surface area contributed by atoms with E-state index in [1.165, 1.54) is 18.3 Å². The molecular formula is C16H19N3O3S. The van der Waals surface area contributed by atoms with Crippen LogP contribution < -0.4 is 10.0 Å². The van der Waals surface area contributed by atoms with Crippen LogP contribution in [-0.4, -0.2) is 25.4 Å². The molecule has 0 radical (unpaired) electrons. The zero-order valence-corrected chi connectivity index (χ0v) is 14.0. The van der Waals surface area contributed by atoms with Gasteiger partial charge in [-0.1, -0.05) is 0 Å². The fraction of sp³-hybridized carbons (Fsp3) is 0.250. The van der Waals surface area contributed by atoms with Crippen molar-refractivity contribution in [1.29, 1.82) is 0 Å². The summed E-state index contributed by atoms with van der Waals surface area (Å²) in [6.07, 6.45) is 1.50. The molecule has 0 saturated carbocycles. The van der Waals surface area contributed by atoms with Crippen LogP contribution in [0.2, 0.25) is 0 Å². The fourth-order valence-electron chi connectivity index (χ4n) is 1.90. The Hall–Kier alpha value is -2.25. The number of nitrogens with zero attached hydrogens (tertiary/aromatic N) is 1. The summed E-state index contributed by atoms with van der Waals surface area (Å²) in [7, 11) is -3.53. The lowest BCUT2D eigenvalue weighted by Crippen LogP contribution is -2.30. The van der Waals surface area contributed by atoms with Crippen LogP contribution in [0.4, 0.5) is 5.69 Å². The normalized spacial score (nSPS) is 11.5. The minimum atomic E-state index is -3.53. The maximum absolute atomic E-state index is 12.1. The summed E-state index contributed by atoms with van der Waals surface area (Å²) in [5.74, 6) is -0.298. The first kappa shape index (κ1) is 17.1. The molecule has 0 spiro atoms. The van der Waals surface area contributed by atoms with E-state index in [9.17, 15) is 13.2 Å². The SMILES string of the molecule is Cc1ccc(C(=O)Nc2ccc(S(=O)(=O)NC(C)C)cc2)cn1. The molecule has 7 heteroatoms. The molecule has 2 aromatic rings. The zero-order chi connectivity index (χ0) is 17.0. The number of amides is 1. The summed E-state index contributed by atoms with van der Waals surface area (Å²) < 4.78 is 26.5. The van der Waals surface area contributed by atoms with Gasteiger partial charge in [-0.2, -0.15) is 0 Å². The van der Waals surface area contributed by atoms with Crippen molar-refractivity contribution < 1.29 is 13.2 Å². The highest BCUT2D eigenvalue weighted by Gasteiger charge is 2.15. The summed E-state index contributed by atoms with van der Waals surface area (Å²) in [5, 5.41) is 2.70. The molecule has 1 aromatic carbocycles. The van der Waals surface area contributed by atoms with Crippen molar-refractivity contribution >= 4 is 21.6 Å². The summed E-state index contributed by atoms with van der Waals surface area (Å²) in [5.41, 5.74) is 1.78. The number of sulfonamides is 1. The highest BCUT2D eigenvalue weighted by Crippen LogP contribution is 2.15. The maximum atomic E-state index is 12.1. The summed E-state index contributed by atoms with van der Waals surface area (Å²) >= 11 is 0. The van der Waals surface area contributed by atoms with Crippen molar-refractivity contribution in [3.63, 3.8) is 0 Å². The van der Waals surface area contributed by atoms with Crippen molar-refractivity contribution in [3.05, 3.63) is 53.9 Å². The zero-order valence-electron chi connectivity index (χ0n) is 13.2. The average Bonchev–Trinajstić information content (AvgIpc) is 2.47. The second-order valence-electron chi connectivity index (χ2n) is 5.44. The van der Waals surface area contributed by atoms with E-state index in [-0.39, 0.29) is 16.8 Å². The molecule has 0 fully saturated rings. The van der Waals surface area contributed by atoms with Gasteiger partial charge in [0.05, 0.1) is 10.5 Å². The Balaban J connectivity index is 2.11. The quantitative estimate of drug-likeness (QED) is 0.879. The number of carbonyl (C=O) groups is 1. The fourth-order valence-corrected chi connectivity index (χ4v) is 3.15. The number of hydrogen-bond donors (Lipinski definition) is 2. The van der Waals surface area contributed by atoms with Crippen molar-refractivity contribution in [1.82, 2.24) is 9.71 Å². The lowest BCUT2D eigenvalue weighted by atomic mass is 10.2. The van der Waals surface area contributed by atoms with E-state index in [2.05, 4.69) is 15.0 Å². The molecule has 2 N–H and O–H groups in total. The van der Waals surface area contributed by atoms with Crippen LogP contribution >= 0.6 is 0 Å². The Bertz CT molecular complexity index is 782. The molecule has 1 amide bonds. The van der Waals surface area contributed by atoms with Crippen LogP contribution in [0, 0.1) is 6.92 Å². The van der Waals surface area contributed by atoms with Crippen molar-refractivity contribution in [2.45, 2.75) is 31.7 Å². The first-order valence-electron chi connectivity index (χ1n) is 7.14. The summed E-state index contributed by atoms with van der Waals surface area (Å²) in [6, 6.07) is 9.25. The molecule has 23 heavy (non-hydrogen) atoms. The Morgan fingerprint density at radius 2 is 1.74 bits per heavy atom. The average molecular weight is 333 g/mol. The molecule has 0 saturated heterocycles. The Kier molecular flexibility index (Phi) is 5.12. The highest BCUT2D eigenvalue weighted by atomic mass is 32.2. The van der Waals surface area contributed by atoms with Crippen LogP contribution in [0.5, 0.6) is 0 Å². The van der Waals surface area contributed by atoms with Gasteiger partial charge in [0.15, 0.2) is 0 Å². The monoisotopic (exact) mass is 333 g/mol. The van der Waals surface area contributed by atoms with Gasteiger partial charge in [0.25, 0.3) is 5.91 Å². The first-order valence-corrected chi connectivity index (χ1v) is 8.62. The number of nitrogens with one attached hydrogen (secondary N) is 2. The number of pyridine rings is 1. The molecule has 0 aliphatic rings. The first-order chi connectivity index (χ1) is 10.8. The molecule has 0 unspecified atom stereocenters. The van der Waals surface area contributed by atoms with Crippen LogP contribution in [0.15, 0.2) is 47.5 Å². The Morgan fingerprint density at radius 3 is 2.26 bits per heavy atom. The lowest BCUT2D eigenvalue weighted by molar-refractivity contribution is 0.102. The highest BCUT2D eigenvalue weighted by molar-refractivity contribution is 7.89. The van der Waals surface area contributed by atoms with E-state index in [0.29, 0.717) is 11.3 Å². The van der Waals surface area contributed by atoms with Crippen LogP contribution in [0.25, 0.3) is 0 Å². The van der Waals surface area contributed by atoms with E-state index < -0.39 is 10.0 Å². The molecule has 0 atom stereocenters. The number of aromatic nitrogens is 1. The number of anilines is 1. The second kappa shape index (κ2) is 6.89. The van der Waals surface area contributed by atoms with Gasteiger partial charge in [-0.3, -0.25) is 9.78 Å². The molecule has 6 nitrogen and oxygen atoms in total. The van der Waals surface area contributed by atoms with Crippen molar-refractivity contribution in [2.24, 2.45) is 0 Å². The molecule has 2 rings (SSSR count). The Labute approximate surface area is 136 Å². The van der Waals surface area contributed by atoms with E-state index in [4.69, 9.17) is 0 Å². The third-order valence-electron chi connectivity index (χ3n) is 2.99. The van der Waals surface area contributed by atoms with Crippen LogP contribution in [-0.2, 0) is 10.0 Å². The predicted molar refractivity (Wildman–Crippen MR) is 88.8 cm³/mol. The van der Waals surface area contributed by atoms with E-state index in [1.54, 1.807) is 38.1 Å². The minimum Gasteiger partial charge on any atom is -0.322 e. The molecule has 0 bridgehead atoms. The van der Waals surface area contributed by atoms with Gasteiger partial charge >= 0.3 is 0 Å². The third-order valence-corrected chi connectivity index (χ3v) is 4.66. The smallest absolute Gasteiger partial charge is 0.257 e. The number of hydrogen-bond acceptors (Lipinski definition) is 4. The molecule has 122 valence electrons. The molecule has 0 aliphatic carbocycles. The van der Waals surface area contributed by atoms with Crippen LogP contribution in [0.1, 0.15) is 29.9 Å². The van der Waals surface area contributed by atoms with Gasteiger partial charge in [0.1, 0.15) is 0 Å². The van der Waals surface area contributed by atoms with Crippen molar-refractivity contribution in [2.75, 3.05) is 5.32 Å². The van der Waals surface area contributed by atoms with Crippen LogP contribution in [0.3, 0.4) is 0 Å². The molecule has 1 aromatic heterocycles. The second-order valence-corrected chi connectivity index (χ2v) is 7.16. The lowest BCUT2D eigenvalue weighted by Gasteiger charge is -2.10. The number of benzene rings is 1. The number of aryl methyl sites for hydroxylation is 1. The topological polar surface area (TPSA) is 88.2 Å².